The van der Waals surface area contributed by atoms with Crippen molar-refractivity contribution in [2.75, 3.05) is 7.11 Å². The highest BCUT2D eigenvalue weighted by Gasteiger charge is 2.59. The third-order valence-corrected chi connectivity index (χ3v) is 2.71. The molecule has 0 saturated heterocycles. The molecule has 0 unspecified atom stereocenters. The van der Waals surface area contributed by atoms with Gasteiger partial charge in [-0.3, -0.25) is 0 Å². The molecule has 0 aromatic rings. The van der Waals surface area contributed by atoms with E-state index in [-0.39, 0.29) is 5.71 Å². The number of hydrogen-bond acceptors (Lipinski definition) is 5. The van der Waals surface area contributed by atoms with Gasteiger partial charge in [-0.05, 0) is 13.8 Å². The zero-order valence-corrected chi connectivity index (χ0v) is 9.57. The van der Waals surface area contributed by atoms with Crippen molar-refractivity contribution in [2.24, 2.45) is 0 Å². The summed E-state index contributed by atoms with van der Waals surface area (Å²) in [5.41, 5.74) is -2.33. The van der Waals surface area contributed by atoms with E-state index in [4.69, 9.17) is 0 Å². The molecule has 1 heterocycles. The summed E-state index contributed by atoms with van der Waals surface area (Å²) in [6.45, 7) is 6.22. The van der Waals surface area contributed by atoms with E-state index in [1.807, 2.05) is 0 Å². The van der Waals surface area contributed by atoms with E-state index in [0.29, 0.717) is 4.74 Å². The molecule has 1 aliphatic rings. The van der Waals surface area contributed by atoms with Crippen LogP contribution in [-0.4, -0.2) is 45.0 Å². The number of carbonyl (C=O) groups excluding carboxylic acids is 1. The van der Waals surface area contributed by atoms with E-state index in [9.17, 15) is 15.2 Å². The van der Waals surface area contributed by atoms with Crippen LogP contribution in [0.2, 0.25) is 0 Å². The maximum atomic E-state index is 11.8. The lowest BCUT2D eigenvalue weighted by molar-refractivity contribution is -0.580. The molecule has 0 spiro atoms. The molecular formula is C9H16N2O4. The molecule has 0 fully saturated rings. The van der Waals surface area contributed by atoms with Gasteiger partial charge in [0.1, 0.15) is 5.54 Å². The summed E-state index contributed by atoms with van der Waals surface area (Å²) in [5.74, 6) is -0.723. The second-order valence-corrected chi connectivity index (χ2v) is 4.50. The number of nitrogens with zero attached hydrogens (tertiary/aromatic N) is 2. The Kier molecular flexibility index (Phi) is 2.53. The lowest BCUT2D eigenvalue weighted by Gasteiger charge is -2.29. The Balaban J connectivity index is 3.33. The normalized spacial score (nSPS) is 24.4. The van der Waals surface area contributed by atoms with Gasteiger partial charge in [0, 0.05) is 13.8 Å². The molecule has 0 amide bonds. The van der Waals surface area contributed by atoms with Crippen LogP contribution < -0.4 is 0 Å². The maximum absolute atomic E-state index is 11.8. The lowest BCUT2D eigenvalue weighted by Crippen LogP contribution is -2.52. The third-order valence-electron chi connectivity index (χ3n) is 2.71. The largest absolute Gasteiger partial charge is 0.622 e. The van der Waals surface area contributed by atoms with Crippen molar-refractivity contribution in [2.45, 2.75) is 38.9 Å². The molecule has 6 heteroatoms. The van der Waals surface area contributed by atoms with Gasteiger partial charge in [0.25, 0.3) is 5.71 Å². The molecule has 0 aromatic carbocycles. The zero-order chi connectivity index (χ0) is 12.0. The second-order valence-electron chi connectivity index (χ2n) is 4.50. The van der Waals surface area contributed by atoms with Crippen LogP contribution >= 0.6 is 0 Å². The predicted molar refractivity (Wildman–Crippen MR) is 52.4 cm³/mol. The van der Waals surface area contributed by atoms with Gasteiger partial charge in [-0.2, -0.15) is 4.74 Å². The van der Waals surface area contributed by atoms with Crippen molar-refractivity contribution >= 4 is 11.7 Å². The van der Waals surface area contributed by atoms with Crippen LogP contribution in [0.25, 0.3) is 0 Å². The topological polar surface area (TPSA) is 75.8 Å². The highest BCUT2D eigenvalue weighted by Crippen LogP contribution is 2.32. The Morgan fingerprint density at radius 1 is 1.47 bits per heavy atom. The summed E-state index contributed by atoms with van der Waals surface area (Å²) < 4.78 is 5.01. The molecule has 0 radical (unpaired) electrons. The average molecular weight is 216 g/mol. The van der Waals surface area contributed by atoms with Crippen molar-refractivity contribution in [3.05, 3.63) is 5.21 Å². The molecule has 0 aliphatic carbocycles. The van der Waals surface area contributed by atoms with Gasteiger partial charge < -0.3 is 15.2 Å². The Labute approximate surface area is 88.3 Å². The highest BCUT2D eigenvalue weighted by atomic mass is 16.6. The van der Waals surface area contributed by atoms with Gasteiger partial charge >= 0.3 is 5.97 Å². The van der Waals surface area contributed by atoms with Gasteiger partial charge in [0.05, 0.1) is 7.11 Å². The summed E-state index contributed by atoms with van der Waals surface area (Å²) in [7, 11) is 1.20. The van der Waals surface area contributed by atoms with Crippen molar-refractivity contribution in [3.8, 4) is 0 Å². The number of hydrogen-bond donors (Lipinski definition) is 1. The van der Waals surface area contributed by atoms with Crippen LogP contribution in [0.4, 0.5) is 0 Å². The molecule has 86 valence electrons. The first-order valence-corrected chi connectivity index (χ1v) is 4.59. The first-order chi connectivity index (χ1) is 6.67. The molecule has 1 aliphatic heterocycles. The SMILES string of the molecule is COC(=O)C1=[N+]([O-])C(C)(C)N(O)C1(C)C. The van der Waals surface area contributed by atoms with Gasteiger partial charge in [-0.1, -0.05) is 0 Å². The van der Waals surface area contributed by atoms with Crippen molar-refractivity contribution in [1.29, 1.82) is 0 Å². The van der Waals surface area contributed by atoms with E-state index in [1.54, 1.807) is 13.8 Å². The Morgan fingerprint density at radius 2 is 1.93 bits per heavy atom. The van der Waals surface area contributed by atoms with Crippen molar-refractivity contribution < 1.29 is 19.5 Å². The summed E-state index contributed by atoms with van der Waals surface area (Å²) >= 11 is 0. The first kappa shape index (κ1) is 11.9. The summed E-state index contributed by atoms with van der Waals surface area (Å²) in [6, 6.07) is 0. The van der Waals surface area contributed by atoms with E-state index in [0.717, 1.165) is 5.06 Å². The number of ether oxygens (including phenoxy) is 1. The monoisotopic (exact) mass is 216 g/mol. The smallest absolute Gasteiger partial charge is 0.401 e. The van der Waals surface area contributed by atoms with E-state index < -0.39 is 17.2 Å². The molecule has 1 rings (SSSR count). The van der Waals surface area contributed by atoms with Crippen LogP contribution in [0, 0.1) is 5.21 Å². The van der Waals surface area contributed by atoms with Gasteiger partial charge in [-0.15, -0.1) is 5.06 Å². The summed E-state index contributed by atoms with van der Waals surface area (Å²) in [6.07, 6.45) is 0. The lowest BCUT2D eigenvalue weighted by atomic mass is 9.99. The van der Waals surface area contributed by atoms with Crippen LogP contribution in [0.3, 0.4) is 0 Å². The van der Waals surface area contributed by atoms with Crippen molar-refractivity contribution in [1.82, 2.24) is 5.06 Å². The standard InChI is InChI=1S/C9H16N2O4/c1-8(2)6(7(12)15-5)10(13)9(3,4)11(8)14/h14H,1-5H3. The minimum atomic E-state index is -1.17. The number of hydroxylamine groups is 3. The van der Waals surface area contributed by atoms with Crippen LogP contribution in [-0.2, 0) is 9.53 Å². The summed E-state index contributed by atoms with van der Waals surface area (Å²) in [5, 5.41) is 22.5. The highest BCUT2D eigenvalue weighted by molar-refractivity contribution is 6.38. The predicted octanol–water partition coefficient (Wildman–Crippen LogP) is 0.330. The van der Waals surface area contributed by atoms with E-state index >= 15 is 0 Å². The van der Waals surface area contributed by atoms with Gasteiger partial charge in [-0.25, -0.2) is 4.79 Å². The van der Waals surface area contributed by atoms with Crippen LogP contribution in [0.1, 0.15) is 27.7 Å². The fourth-order valence-electron chi connectivity index (χ4n) is 1.82. The Morgan fingerprint density at radius 3 is 2.20 bits per heavy atom. The molecule has 6 nitrogen and oxygen atoms in total. The zero-order valence-electron chi connectivity index (χ0n) is 9.57. The van der Waals surface area contributed by atoms with Crippen LogP contribution in [0.15, 0.2) is 0 Å². The van der Waals surface area contributed by atoms with Gasteiger partial charge in [0.2, 0.25) is 5.66 Å². The maximum Gasteiger partial charge on any atom is 0.401 e. The number of carbonyl (C=O) groups is 1. The number of methoxy groups -OCH3 is 1. The minimum Gasteiger partial charge on any atom is -0.622 e. The molecule has 0 saturated carbocycles. The van der Waals surface area contributed by atoms with Crippen LogP contribution in [0.5, 0.6) is 0 Å². The molecule has 1 N–H and O–H groups in total. The Hall–Kier alpha value is -1.14. The molecule has 0 bridgehead atoms. The first-order valence-electron chi connectivity index (χ1n) is 4.59. The fraction of sp³-hybridized carbons (Fsp3) is 0.778. The fourth-order valence-corrected chi connectivity index (χ4v) is 1.82. The van der Waals surface area contributed by atoms with E-state index in [1.165, 1.54) is 21.0 Å². The quantitative estimate of drug-likeness (QED) is 0.388. The molecular weight excluding hydrogens is 200 g/mol. The molecule has 0 atom stereocenters. The van der Waals surface area contributed by atoms with Gasteiger partial charge in [0.15, 0.2) is 0 Å². The van der Waals surface area contributed by atoms with E-state index in [2.05, 4.69) is 4.74 Å². The number of rotatable bonds is 1. The average Bonchev–Trinajstić information content (AvgIpc) is 2.25. The third kappa shape index (κ3) is 1.40. The Bertz CT molecular complexity index is 333. The number of esters is 1. The minimum absolute atomic E-state index is 0.0995. The van der Waals surface area contributed by atoms with Crippen molar-refractivity contribution in [3.63, 3.8) is 0 Å². The molecule has 0 aromatic heterocycles. The summed E-state index contributed by atoms with van der Waals surface area (Å²) in [4.78, 5) is 11.4. The molecule has 15 heavy (non-hydrogen) atoms. The second kappa shape index (κ2) is 3.18.